The first kappa shape index (κ1) is 24.0. The summed E-state index contributed by atoms with van der Waals surface area (Å²) in [7, 11) is 0. The Morgan fingerprint density at radius 3 is 2.00 bits per heavy atom. The van der Waals surface area contributed by atoms with Gasteiger partial charge in [-0.25, -0.2) is 9.97 Å². The van der Waals surface area contributed by atoms with Crippen molar-refractivity contribution < 1.29 is 18.0 Å². The standard InChI is InChI=1S/C24H29F3N6O/c25-24(26,27)17-8-6-16(7-9-17)21(34)33-23(31-18-4-1-2-5-18)32-20-12-10-19(11-13-20)30-22-28-14-3-15-29-22/h3,6-9,14-15,18-20H,1-2,4-5,10-13H2,(H,28,29,30)(H2,31,32,33,34)/t19-,20-. The van der Waals surface area contributed by atoms with Crippen molar-refractivity contribution in [1.82, 2.24) is 20.6 Å². The summed E-state index contributed by atoms with van der Waals surface area (Å²) < 4.78 is 38.5. The van der Waals surface area contributed by atoms with E-state index in [4.69, 9.17) is 0 Å². The second kappa shape index (κ2) is 10.8. The molecule has 7 nitrogen and oxygen atoms in total. The number of halogens is 3. The fourth-order valence-electron chi connectivity index (χ4n) is 4.47. The molecule has 1 aromatic heterocycles. The summed E-state index contributed by atoms with van der Waals surface area (Å²) in [6.07, 6.45) is 6.80. The average molecular weight is 475 g/mol. The molecule has 182 valence electrons. The Bertz CT molecular complexity index is 966. The van der Waals surface area contributed by atoms with Crippen molar-refractivity contribution in [3.8, 4) is 0 Å². The van der Waals surface area contributed by atoms with E-state index in [9.17, 15) is 18.0 Å². The van der Waals surface area contributed by atoms with E-state index in [1.807, 2.05) is 0 Å². The van der Waals surface area contributed by atoms with Crippen LogP contribution in [0.3, 0.4) is 0 Å². The third-order valence-corrected chi connectivity index (χ3v) is 6.34. The van der Waals surface area contributed by atoms with E-state index in [1.165, 1.54) is 12.1 Å². The van der Waals surface area contributed by atoms with Gasteiger partial charge >= 0.3 is 6.18 Å². The first-order valence-corrected chi connectivity index (χ1v) is 11.7. The van der Waals surface area contributed by atoms with Crippen molar-refractivity contribution in [2.75, 3.05) is 5.32 Å². The van der Waals surface area contributed by atoms with Crippen LogP contribution >= 0.6 is 0 Å². The zero-order valence-electron chi connectivity index (χ0n) is 18.8. The SMILES string of the molecule is O=C(/N=C(/NC1CCCC1)N[C@H]1CC[C@H](Nc2ncccn2)CC1)c1ccc(C(F)(F)F)cc1. The molecule has 1 aromatic carbocycles. The monoisotopic (exact) mass is 474 g/mol. The molecule has 0 radical (unpaired) electrons. The van der Waals surface area contributed by atoms with E-state index in [2.05, 4.69) is 30.9 Å². The van der Waals surface area contributed by atoms with Crippen LogP contribution in [0.1, 0.15) is 67.3 Å². The second-order valence-corrected chi connectivity index (χ2v) is 8.88. The van der Waals surface area contributed by atoms with Crippen LogP contribution in [0, 0.1) is 0 Å². The molecule has 0 atom stereocenters. The lowest BCUT2D eigenvalue weighted by atomic mass is 9.91. The van der Waals surface area contributed by atoms with Gasteiger partial charge in [0.05, 0.1) is 5.56 Å². The van der Waals surface area contributed by atoms with Gasteiger partial charge in [0.25, 0.3) is 5.91 Å². The molecule has 2 saturated carbocycles. The van der Waals surface area contributed by atoms with Gasteiger partial charge in [-0.15, -0.1) is 0 Å². The summed E-state index contributed by atoms with van der Waals surface area (Å²) >= 11 is 0. The number of anilines is 1. The number of aliphatic imine (C=N–C) groups is 1. The van der Waals surface area contributed by atoms with Crippen molar-refractivity contribution in [3.05, 3.63) is 53.9 Å². The topological polar surface area (TPSA) is 91.3 Å². The summed E-state index contributed by atoms with van der Waals surface area (Å²) in [5.41, 5.74) is -0.668. The maximum Gasteiger partial charge on any atom is 0.416 e. The fourth-order valence-corrected chi connectivity index (χ4v) is 4.47. The number of guanidine groups is 1. The Morgan fingerprint density at radius 2 is 1.41 bits per heavy atom. The van der Waals surface area contributed by atoms with E-state index in [-0.39, 0.29) is 23.7 Å². The lowest BCUT2D eigenvalue weighted by molar-refractivity contribution is -0.137. The average Bonchev–Trinajstić information content (AvgIpc) is 3.33. The number of carbonyl (C=O) groups excluding carboxylic acids is 1. The first-order chi connectivity index (χ1) is 16.4. The van der Waals surface area contributed by atoms with Crippen LogP contribution < -0.4 is 16.0 Å². The van der Waals surface area contributed by atoms with E-state index < -0.39 is 17.6 Å². The Morgan fingerprint density at radius 1 is 0.853 bits per heavy atom. The van der Waals surface area contributed by atoms with Crippen LogP contribution in [0.15, 0.2) is 47.7 Å². The second-order valence-electron chi connectivity index (χ2n) is 8.88. The van der Waals surface area contributed by atoms with Gasteiger partial charge in [-0.1, -0.05) is 12.8 Å². The molecular formula is C24H29F3N6O. The summed E-state index contributed by atoms with van der Waals surface area (Å²) in [6.45, 7) is 0. The summed E-state index contributed by atoms with van der Waals surface area (Å²) in [6, 6.07) is 6.58. The van der Waals surface area contributed by atoms with Gasteiger partial charge in [-0.3, -0.25) is 4.79 Å². The minimum Gasteiger partial charge on any atom is -0.353 e. The van der Waals surface area contributed by atoms with Crippen LogP contribution in [-0.2, 0) is 6.18 Å². The van der Waals surface area contributed by atoms with Gasteiger partial charge in [0.1, 0.15) is 0 Å². The lowest BCUT2D eigenvalue weighted by Crippen LogP contribution is -2.49. The van der Waals surface area contributed by atoms with E-state index in [0.717, 1.165) is 63.5 Å². The highest BCUT2D eigenvalue weighted by molar-refractivity contribution is 6.02. The third kappa shape index (κ3) is 6.68. The number of hydrogen-bond donors (Lipinski definition) is 3. The number of alkyl halides is 3. The van der Waals surface area contributed by atoms with Gasteiger partial charge < -0.3 is 16.0 Å². The Hall–Kier alpha value is -3.17. The molecule has 0 aliphatic heterocycles. The number of nitrogens with zero attached hydrogens (tertiary/aromatic N) is 3. The van der Waals surface area contributed by atoms with Crippen LogP contribution in [0.2, 0.25) is 0 Å². The van der Waals surface area contributed by atoms with Gasteiger partial charge in [0.15, 0.2) is 5.96 Å². The normalized spacial score (nSPS) is 21.8. The molecule has 34 heavy (non-hydrogen) atoms. The molecule has 0 saturated heterocycles. The van der Waals surface area contributed by atoms with Crippen LogP contribution in [0.4, 0.5) is 19.1 Å². The summed E-state index contributed by atoms with van der Waals surface area (Å²) in [5.74, 6) is 0.448. The molecule has 3 N–H and O–H groups in total. The maximum atomic E-state index is 12.8. The predicted molar refractivity (Wildman–Crippen MR) is 123 cm³/mol. The summed E-state index contributed by atoms with van der Waals surface area (Å²) in [5, 5.41) is 10.1. The first-order valence-electron chi connectivity index (χ1n) is 11.7. The van der Waals surface area contributed by atoms with E-state index in [1.54, 1.807) is 18.5 Å². The van der Waals surface area contributed by atoms with Gasteiger partial charge in [0.2, 0.25) is 5.95 Å². The quantitative estimate of drug-likeness (QED) is 0.436. The number of aromatic nitrogens is 2. The molecule has 0 unspecified atom stereocenters. The van der Waals surface area contributed by atoms with Crippen LogP contribution in [-0.4, -0.2) is 40.0 Å². The molecule has 10 heteroatoms. The molecule has 2 fully saturated rings. The van der Waals surface area contributed by atoms with Crippen molar-refractivity contribution in [2.24, 2.45) is 4.99 Å². The zero-order chi connectivity index (χ0) is 24.0. The number of hydrogen-bond acceptors (Lipinski definition) is 4. The van der Waals surface area contributed by atoms with Crippen molar-refractivity contribution in [3.63, 3.8) is 0 Å². The number of carbonyl (C=O) groups is 1. The van der Waals surface area contributed by atoms with E-state index in [0.29, 0.717) is 11.9 Å². The number of amides is 1. The Balaban J connectivity index is 1.38. The molecule has 0 spiro atoms. The smallest absolute Gasteiger partial charge is 0.353 e. The predicted octanol–water partition coefficient (Wildman–Crippen LogP) is 4.54. The molecule has 4 rings (SSSR count). The number of benzene rings is 1. The molecule has 1 heterocycles. The van der Waals surface area contributed by atoms with E-state index >= 15 is 0 Å². The minimum atomic E-state index is -4.44. The highest BCUT2D eigenvalue weighted by atomic mass is 19.4. The molecule has 1 amide bonds. The minimum absolute atomic E-state index is 0.122. The van der Waals surface area contributed by atoms with Crippen molar-refractivity contribution in [1.29, 1.82) is 0 Å². The Kier molecular flexibility index (Phi) is 7.64. The molecule has 2 aliphatic rings. The highest BCUT2D eigenvalue weighted by Crippen LogP contribution is 2.29. The maximum absolute atomic E-state index is 12.8. The molecule has 2 aromatic rings. The zero-order valence-corrected chi connectivity index (χ0v) is 18.8. The molecule has 0 bridgehead atoms. The molecule has 2 aliphatic carbocycles. The highest BCUT2D eigenvalue weighted by Gasteiger charge is 2.30. The third-order valence-electron chi connectivity index (χ3n) is 6.34. The Labute approximate surface area is 196 Å². The van der Waals surface area contributed by atoms with Crippen LogP contribution in [0.25, 0.3) is 0 Å². The van der Waals surface area contributed by atoms with Gasteiger partial charge in [0, 0.05) is 36.1 Å². The summed E-state index contributed by atoms with van der Waals surface area (Å²) in [4.78, 5) is 25.4. The lowest BCUT2D eigenvalue weighted by Gasteiger charge is -2.31. The number of rotatable bonds is 5. The van der Waals surface area contributed by atoms with Gasteiger partial charge in [-0.05, 0) is 68.9 Å². The van der Waals surface area contributed by atoms with Crippen LogP contribution in [0.5, 0.6) is 0 Å². The van der Waals surface area contributed by atoms with Gasteiger partial charge in [-0.2, -0.15) is 18.2 Å². The number of nitrogens with one attached hydrogen (secondary N) is 3. The van der Waals surface area contributed by atoms with Crippen molar-refractivity contribution in [2.45, 2.75) is 75.7 Å². The largest absolute Gasteiger partial charge is 0.416 e. The molecular weight excluding hydrogens is 445 g/mol. The van der Waals surface area contributed by atoms with Crippen molar-refractivity contribution >= 4 is 17.8 Å². The fraction of sp³-hybridized carbons (Fsp3) is 0.500.